The normalized spacial score (nSPS) is 17.8. The topological polar surface area (TPSA) is 17.1 Å². The molecule has 1 aliphatic rings. The van der Waals surface area contributed by atoms with E-state index in [1.54, 1.807) is 0 Å². The average Bonchev–Trinajstić information content (AvgIpc) is 2.51. The maximum atomic E-state index is 12.5. The molecule has 0 aliphatic heterocycles. The smallest absolute Gasteiger partial charge is 0.166 e. The Bertz CT molecular complexity index is 586. The van der Waals surface area contributed by atoms with Crippen LogP contribution >= 0.6 is 0 Å². The molecule has 0 N–H and O–H groups in total. The summed E-state index contributed by atoms with van der Waals surface area (Å²) in [4.78, 5) is 12.5. The van der Waals surface area contributed by atoms with Crippen LogP contribution < -0.4 is 0 Å². The summed E-state index contributed by atoms with van der Waals surface area (Å²) in [7, 11) is 0. The number of benzene rings is 2. The molecule has 102 valence electrons. The lowest BCUT2D eigenvalue weighted by atomic mass is 9.80. The third-order valence-electron chi connectivity index (χ3n) is 4.28. The number of carbonyl (C=O) groups is 1. The molecule has 3 rings (SSSR count). The third-order valence-corrected chi connectivity index (χ3v) is 4.28. The lowest BCUT2D eigenvalue weighted by molar-refractivity contribution is 0.0893. The number of aryl methyl sites for hydroxylation is 2. The van der Waals surface area contributed by atoms with Crippen LogP contribution in [0.15, 0.2) is 54.6 Å². The average molecular weight is 264 g/mol. The van der Waals surface area contributed by atoms with Gasteiger partial charge in [0.25, 0.3) is 0 Å². The van der Waals surface area contributed by atoms with Crippen LogP contribution in [0.1, 0.15) is 40.7 Å². The van der Waals surface area contributed by atoms with Crippen LogP contribution in [-0.2, 0) is 12.8 Å². The maximum Gasteiger partial charge on any atom is 0.166 e. The van der Waals surface area contributed by atoms with Gasteiger partial charge in [-0.15, -0.1) is 0 Å². The van der Waals surface area contributed by atoms with Crippen molar-refractivity contribution in [2.24, 2.45) is 5.92 Å². The highest BCUT2D eigenvalue weighted by molar-refractivity contribution is 6.00. The van der Waals surface area contributed by atoms with Gasteiger partial charge in [0.15, 0.2) is 5.78 Å². The SMILES string of the molecule is O=C1c2ccccc2CCC1CCCc1ccccc1. The van der Waals surface area contributed by atoms with Crippen LogP contribution in [0.5, 0.6) is 0 Å². The highest BCUT2D eigenvalue weighted by atomic mass is 16.1. The number of carbonyl (C=O) groups excluding carboxylic acids is 1. The summed E-state index contributed by atoms with van der Waals surface area (Å²) in [5, 5.41) is 0. The summed E-state index contributed by atoms with van der Waals surface area (Å²) in [6, 6.07) is 18.6. The Morgan fingerprint density at radius 2 is 1.70 bits per heavy atom. The molecule has 20 heavy (non-hydrogen) atoms. The molecule has 0 heterocycles. The number of hydrogen-bond acceptors (Lipinski definition) is 1. The summed E-state index contributed by atoms with van der Waals surface area (Å²) in [5.41, 5.74) is 3.57. The Hall–Kier alpha value is -1.89. The minimum atomic E-state index is 0.230. The number of Topliss-reactive ketones (excluding diaryl/α,β-unsaturated/α-hetero) is 1. The first kappa shape index (κ1) is 13.1. The van der Waals surface area contributed by atoms with E-state index in [-0.39, 0.29) is 5.92 Å². The van der Waals surface area contributed by atoms with Crippen molar-refractivity contribution in [3.8, 4) is 0 Å². The summed E-state index contributed by atoms with van der Waals surface area (Å²) in [6.07, 6.45) is 5.26. The largest absolute Gasteiger partial charge is 0.294 e. The van der Waals surface area contributed by atoms with Crippen molar-refractivity contribution in [1.82, 2.24) is 0 Å². The van der Waals surface area contributed by atoms with E-state index in [2.05, 4.69) is 30.3 Å². The molecular formula is C19H20O. The summed E-state index contributed by atoms with van der Waals surface area (Å²) in [5.74, 6) is 0.591. The second-order valence-corrected chi connectivity index (χ2v) is 5.63. The second-order valence-electron chi connectivity index (χ2n) is 5.63. The summed E-state index contributed by atoms with van der Waals surface area (Å²) >= 11 is 0. The van der Waals surface area contributed by atoms with E-state index >= 15 is 0 Å². The highest BCUT2D eigenvalue weighted by Crippen LogP contribution is 2.28. The molecule has 0 fully saturated rings. The quantitative estimate of drug-likeness (QED) is 0.797. The first-order valence-corrected chi connectivity index (χ1v) is 7.50. The molecule has 1 atom stereocenters. The van der Waals surface area contributed by atoms with Crippen molar-refractivity contribution >= 4 is 5.78 Å². The lowest BCUT2D eigenvalue weighted by Gasteiger charge is -2.23. The molecule has 1 aliphatic carbocycles. The zero-order chi connectivity index (χ0) is 13.8. The van der Waals surface area contributed by atoms with E-state index < -0.39 is 0 Å². The molecule has 2 aromatic carbocycles. The first-order valence-electron chi connectivity index (χ1n) is 7.50. The van der Waals surface area contributed by atoms with E-state index in [1.165, 1.54) is 11.1 Å². The zero-order valence-electron chi connectivity index (χ0n) is 11.7. The predicted molar refractivity (Wildman–Crippen MR) is 82.0 cm³/mol. The molecule has 1 unspecified atom stereocenters. The predicted octanol–water partition coefficient (Wildman–Crippen LogP) is 4.45. The molecule has 1 nitrogen and oxygen atoms in total. The van der Waals surface area contributed by atoms with E-state index in [0.717, 1.165) is 37.7 Å². The third kappa shape index (κ3) is 2.82. The van der Waals surface area contributed by atoms with E-state index in [1.807, 2.05) is 24.3 Å². The Labute approximate surface area is 120 Å². The summed E-state index contributed by atoms with van der Waals surface area (Å²) in [6.45, 7) is 0. The minimum absolute atomic E-state index is 0.230. The molecule has 0 bridgehead atoms. The fourth-order valence-corrected chi connectivity index (χ4v) is 3.13. The van der Waals surface area contributed by atoms with Gasteiger partial charge in [0.2, 0.25) is 0 Å². The minimum Gasteiger partial charge on any atom is -0.294 e. The van der Waals surface area contributed by atoms with E-state index in [4.69, 9.17) is 0 Å². The molecule has 0 saturated heterocycles. The van der Waals surface area contributed by atoms with Gasteiger partial charge in [-0.25, -0.2) is 0 Å². The second kappa shape index (κ2) is 6.04. The van der Waals surface area contributed by atoms with Crippen molar-refractivity contribution in [3.05, 3.63) is 71.3 Å². The van der Waals surface area contributed by atoms with Gasteiger partial charge in [-0.2, -0.15) is 0 Å². The van der Waals surface area contributed by atoms with Gasteiger partial charge in [0, 0.05) is 11.5 Å². The molecule has 0 amide bonds. The Balaban J connectivity index is 1.58. The monoisotopic (exact) mass is 264 g/mol. The standard InChI is InChI=1S/C19H20O/c20-19-17(11-6-9-15-7-2-1-3-8-15)14-13-16-10-4-5-12-18(16)19/h1-5,7-8,10,12,17H,6,9,11,13-14H2. The van der Waals surface area contributed by atoms with E-state index in [0.29, 0.717) is 5.78 Å². The van der Waals surface area contributed by atoms with Gasteiger partial charge in [-0.05, 0) is 43.2 Å². The van der Waals surface area contributed by atoms with Gasteiger partial charge in [-0.1, -0.05) is 54.6 Å². The van der Waals surface area contributed by atoms with Crippen molar-refractivity contribution in [1.29, 1.82) is 0 Å². The van der Waals surface area contributed by atoms with Crippen molar-refractivity contribution in [2.75, 3.05) is 0 Å². The van der Waals surface area contributed by atoms with Crippen molar-refractivity contribution in [3.63, 3.8) is 0 Å². The van der Waals surface area contributed by atoms with Gasteiger partial charge < -0.3 is 0 Å². The first-order chi connectivity index (χ1) is 9.84. The number of fused-ring (bicyclic) bond motifs is 1. The highest BCUT2D eigenvalue weighted by Gasteiger charge is 2.26. The fourth-order valence-electron chi connectivity index (χ4n) is 3.13. The number of ketones is 1. The molecule has 1 heteroatoms. The number of hydrogen-bond donors (Lipinski definition) is 0. The Morgan fingerprint density at radius 1 is 0.950 bits per heavy atom. The van der Waals surface area contributed by atoms with Crippen LogP contribution in [0.25, 0.3) is 0 Å². The van der Waals surface area contributed by atoms with Crippen LogP contribution in [0, 0.1) is 5.92 Å². The Morgan fingerprint density at radius 3 is 2.55 bits per heavy atom. The van der Waals surface area contributed by atoms with Crippen LogP contribution in [0.2, 0.25) is 0 Å². The molecule has 2 aromatic rings. The molecular weight excluding hydrogens is 244 g/mol. The number of rotatable bonds is 4. The van der Waals surface area contributed by atoms with Gasteiger partial charge in [0.1, 0.15) is 0 Å². The summed E-state index contributed by atoms with van der Waals surface area (Å²) < 4.78 is 0. The van der Waals surface area contributed by atoms with Crippen LogP contribution in [-0.4, -0.2) is 5.78 Å². The maximum absolute atomic E-state index is 12.5. The van der Waals surface area contributed by atoms with Gasteiger partial charge in [0.05, 0.1) is 0 Å². The molecule has 0 saturated carbocycles. The molecule has 0 radical (unpaired) electrons. The van der Waals surface area contributed by atoms with Crippen LogP contribution in [0.4, 0.5) is 0 Å². The van der Waals surface area contributed by atoms with Gasteiger partial charge in [-0.3, -0.25) is 4.79 Å². The Kier molecular flexibility index (Phi) is 3.96. The van der Waals surface area contributed by atoms with Crippen LogP contribution in [0.3, 0.4) is 0 Å². The molecule has 0 aromatic heterocycles. The van der Waals surface area contributed by atoms with E-state index in [9.17, 15) is 4.79 Å². The van der Waals surface area contributed by atoms with Gasteiger partial charge >= 0.3 is 0 Å². The fraction of sp³-hybridized carbons (Fsp3) is 0.316. The molecule has 0 spiro atoms. The zero-order valence-corrected chi connectivity index (χ0v) is 11.7. The lowest BCUT2D eigenvalue weighted by Crippen LogP contribution is -2.22. The van der Waals surface area contributed by atoms with Crippen molar-refractivity contribution < 1.29 is 4.79 Å². The van der Waals surface area contributed by atoms with Crippen molar-refractivity contribution in [2.45, 2.75) is 32.1 Å².